The zero-order chi connectivity index (χ0) is 16.4. The summed E-state index contributed by atoms with van der Waals surface area (Å²) in [7, 11) is 0. The number of Topliss-reactive ketones (excluding diaryl/α,β-unsaturated/α-hetero) is 1. The van der Waals surface area contributed by atoms with Gasteiger partial charge in [-0.25, -0.2) is 0 Å². The standard InChI is InChI=1S/C20H22O3/c1-13-10-18(22)20(19(23)11-13)17(21)9-7-14-6-8-15-4-2-3-5-16(15)12-14/h6,8,10-12,22-23H,2-5,7,9H2,1H3. The number of aryl methyl sites for hydroxylation is 4. The van der Waals surface area contributed by atoms with E-state index in [0.29, 0.717) is 6.42 Å². The number of aromatic hydroxyl groups is 2. The largest absolute Gasteiger partial charge is 0.507 e. The number of ketones is 1. The van der Waals surface area contributed by atoms with Crippen LogP contribution in [0.4, 0.5) is 0 Å². The molecule has 0 saturated heterocycles. The SMILES string of the molecule is Cc1cc(O)c(C(=O)CCc2ccc3c(c2)CCCC3)c(O)c1. The van der Waals surface area contributed by atoms with E-state index in [1.54, 1.807) is 6.92 Å². The van der Waals surface area contributed by atoms with Crippen molar-refractivity contribution in [2.75, 3.05) is 0 Å². The third-order valence-electron chi connectivity index (χ3n) is 4.57. The maximum absolute atomic E-state index is 12.3. The molecule has 0 amide bonds. The molecule has 0 unspecified atom stereocenters. The van der Waals surface area contributed by atoms with Crippen molar-refractivity contribution in [1.29, 1.82) is 0 Å². The Kier molecular flexibility index (Phi) is 4.37. The van der Waals surface area contributed by atoms with Gasteiger partial charge in [-0.05, 0) is 73.4 Å². The lowest BCUT2D eigenvalue weighted by atomic mass is 9.89. The van der Waals surface area contributed by atoms with E-state index in [-0.39, 0.29) is 29.3 Å². The average Bonchev–Trinajstić information content (AvgIpc) is 2.51. The summed E-state index contributed by atoms with van der Waals surface area (Å²) >= 11 is 0. The minimum Gasteiger partial charge on any atom is -0.507 e. The second kappa shape index (κ2) is 6.45. The second-order valence-corrected chi connectivity index (χ2v) is 6.41. The first-order valence-corrected chi connectivity index (χ1v) is 8.21. The van der Waals surface area contributed by atoms with Gasteiger partial charge in [0.05, 0.1) is 0 Å². The lowest BCUT2D eigenvalue weighted by Crippen LogP contribution is -2.05. The molecule has 0 aromatic heterocycles. The van der Waals surface area contributed by atoms with Crippen molar-refractivity contribution >= 4 is 5.78 Å². The maximum Gasteiger partial charge on any atom is 0.170 e. The van der Waals surface area contributed by atoms with Crippen LogP contribution in [0.25, 0.3) is 0 Å². The summed E-state index contributed by atoms with van der Waals surface area (Å²) < 4.78 is 0. The van der Waals surface area contributed by atoms with Crippen molar-refractivity contribution in [2.45, 2.75) is 45.4 Å². The summed E-state index contributed by atoms with van der Waals surface area (Å²) in [6.45, 7) is 1.76. The molecule has 0 bridgehead atoms. The summed E-state index contributed by atoms with van der Waals surface area (Å²) in [6.07, 6.45) is 5.68. The van der Waals surface area contributed by atoms with Crippen LogP contribution in [0.3, 0.4) is 0 Å². The van der Waals surface area contributed by atoms with Crippen molar-refractivity contribution in [3.05, 3.63) is 58.1 Å². The van der Waals surface area contributed by atoms with Gasteiger partial charge in [0.2, 0.25) is 0 Å². The van der Waals surface area contributed by atoms with Gasteiger partial charge in [-0.1, -0.05) is 18.2 Å². The van der Waals surface area contributed by atoms with E-state index in [1.807, 2.05) is 0 Å². The van der Waals surface area contributed by atoms with Crippen LogP contribution in [0.5, 0.6) is 11.5 Å². The van der Waals surface area contributed by atoms with E-state index in [1.165, 1.54) is 36.1 Å². The first-order valence-electron chi connectivity index (χ1n) is 8.21. The molecule has 3 rings (SSSR count). The van der Waals surface area contributed by atoms with E-state index in [2.05, 4.69) is 18.2 Å². The fraction of sp³-hybridized carbons (Fsp3) is 0.350. The highest BCUT2D eigenvalue weighted by Gasteiger charge is 2.17. The molecule has 0 fully saturated rings. The first kappa shape index (κ1) is 15.6. The van der Waals surface area contributed by atoms with Crippen LogP contribution in [0.2, 0.25) is 0 Å². The van der Waals surface area contributed by atoms with E-state index in [4.69, 9.17) is 0 Å². The summed E-state index contributed by atoms with van der Waals surface area (Å²) in [6, 6.07) is 9.48. The number of carbonyl (C=O) groups is 1. The van der Waals surface area contributed by atoms with Gasteiger partial charge in [-0.15, -0.1) is 0 Å². The van der Waals surface area contributed by atoms with Crippen LogP contribution in [-0.2, 0) is 19.3 Å². The number of phenolic OH excluding ortho intramolecular Hbond substituents is 2. The van der Waals surface area contributed by atoms with Crippen LogP contribution in [0, 0.1) is 6.92 Å². The Morgan fingerprint density at radius 2 is 1.65 bits per heavy atom. The predicted molar refractivity (Wildman–Crippen MR) is 90.2 cm³/mol. The van der Waals surface area contributed by atoms with Crippen LogP contribution in [0.15, 0.2) is 30.3 Å². The minimum absolute atomic E-state index is 0.0357. The molecular formula is C20H22O3. The van der Waals surface area contributed by atoms with E-state index in [0.717, 1.165) is 24.0 Å². The molecule has 120 valence electrons. The summed E-state index contributed by atoms with van der Waals surface area (Å²) in [5.41, 5.74) is 4.74. The molecule has 0 spiro atoms. The lowest BCUT2D eigenvalue weighted by Gasteiger charge is -2.16. The van der Waals surface area contributed by atoms with E-state index >= 15 is 0 Å². The Bertz CT molecular complexity index is 724. The minimum atomic E-state index is -0.224. The normalized spacial score (nSPS) is 13.6. The van der Waals surface area contributed by atoms with Crippen LogP contribution >= 0.6 is 0 Å². The summed E-state index contributed by atoms with van der Waals surface area (Å²) in [4.78, 5) is 12.3. The third kappa shape index (κ3) is 3.39. The number of hydrogen-bond acceptors (Lipinski definition) is 3. The smallest absolute Gasteiger partial charge is 0.170 e. The van der Waals surface area contributed by atoms with Gasteiger partial charge in [0.15, 0.2) is 5.78 Å². The van der Waals surface area contributed by atoms with Gasteiger partial charge in [0.25, 0.3) is 0 Å². The van der Waals surface area contributed by atoms with E-state index in [9.17, 15) is 15.0 Å². The molecule has 0 heterocycles. The van der Waals surface area contributed by atoms with Crippen molar-refractivity contribution in [2.24, 2.45) is 0 Å². The number of hydrogen-bond donors (Lipinski definition) is 2. The molecule has 3 heteroatoms. The molecule has 3 nitrogen and oxygen atoms in total. The third-order valence-corrected chi connectivity index (χ3v) is 4.57. The monoisotopic (exact) mass is 310 g/mol. The number of carbonyl (C=O) groups excluding carboxylic acids is 1. The van der Waals surface area contributed by atoms with Gasteiger partial charge < -0.3 is 10.2 Å². The van der Waals surface area contributed by atoms with Gasteiger partial charge in [-0.2, -0.15) is 0 Å². The Labute approximate surface area is 136 Å². The highest BCUT2D eigenvalue weighted by Crippen LogP contribution is 2.30. The van der Waals surface area contributed by atoms with Crippen molar-refractivity contribution < 1.29 is 15.0 Å². The Hall–Kier alpha value is -2.29. The van der Waals surface area contributed by atoms with Crippen molar-refractivity contribution in [3.63, 3.8) is 0 Å². The molecule has 2 N–H and O–H groups in total. The molecule has 0 radical (unpaired) electrons. The average molecular weight is 310 g/mol. The number of phenols is 2. The van der Waals surface area contributed by atoms with Crippen LogP contribution < -0.4 is 0 Å². The van der Waals surface area contributed by atoms with Gasteiger partial charge in [0.1, 0.15) is 17.1 Å². The Morgan fingerprint density at radius 3 is 2.35 bits per heavy atom. The molecule has 2 aromatic carbocycles. The van der Waals surface area contributed by atoms with Gasteiger partial charge >= 0.3 is 0 Å². The molecule has 1 aliphatic carbocycles. The highest BCUT2D eigenvalue weighted by molar-refractivity contribution is 6.01. The number of fused-ring (bicyclic) bond motifs is 1. The van der Waals surface area contributed by atoms with Gasteiger partial charge in [-0.3, -0.25) is 4.79 Å². The van der Waals surface area contributed by atoms with E-state index < -0.39 is 0 Å². The van der Waals surface area contributed by atoms with Gasteiger partial charge in [0, 0.05) is 6.42 Å². The zero-order valence-corrected chi connectivity index (χ0v) is 13.4. The van der Waals surface area contributed by atoms with Crippen molar-refractivity contribution in [1.82, 2.24) is 0 Å². The quantitative estimate of drug-likeness (QED) is 0.836. The molecule has 0 atom stereocenters. The zero-order valence-electron chi connectivity index (χ0n) is 13.4. The lowest BCUT2D eigenvalue weighted by molar-refractivity contribution is 0.0977. The Balaban J connectivity index is 1.72. The number of benzene rings is 2. The summed E-state index contributed by atoms with van der Waals surface area (Å²) in [5, 5.41) is 19.8. The predicted octanol–water partition coefficient (Wildman–Crippen LogP) is 4.10. The fourth-order valence-electron chi connectivity index (χ4n) is 3.36. The topological polar surface area (TPSA) is 57.5 Å². The summed E-state index contributed by atoms with van der Waals surface area (Å²) in [5.74, 6) is -0.506. The molecule has 2 aromatic rings. The highest BCUT2D eigenvalue weighted by atomic mass is 16.3. The van der Waals surface area contributed by atoms with Crippen LogP contribution in [0.1, 0.15) is 51.9 Å². The number of rotatable bonds is 4. The Morgan fingerprint density at radius 1 is 1.00 bits per heavy atom. The van der Waals surface area contributed by atoms with Crippen molar-refractivity contribution in [3.8, 4) is 11.5 Å². The second-order valence-electron chi connectivity index (χ2n) is 6.41. The molecule has 0 aliphatic heterocycles. The first-order chi connectivity index (χ1) is 11.0. The molecule has 1 aliphatic rings. The fourth-order valence-corrected chi connectivity index (χ4v) is 3.36. The molecule has 23 heavy (non-hydrogen) atoms. The molecule has 0 saturated carbocycles. The maximum atomic E-state index is 12.3. The molecular weight excluding hydrogens is 288 g/mol. The van der Waals surface area contributed by atoms with Crippen LogP contribution in [-0.4, -0.2) is 16.0 Å².